The van der Waals surface area contributed by atoms with Crippen molar-refractivity contribution in [3.8, 4) is 0 Å². The lowest BCUT2D eigenvalue weighted by molar-refractivity contribution is 0.0382. The van der Waals surface area contributed by atoms with E-state index in [0.717, 1.165) is 9.71 Å². The van der Waals surface area contributed by atoms with Crippen molar-refractivity contribution in [3.63, 3.8) is 0 Å². The van der Waals surface area contributed by atoms with Crippen LogP contribution in [0, 0.1) is 6.92 Å². The normalized spacial score (nSPS) is 11.2. The van der Waals surface area contributed by atoms with E-state index in [9.17, 15) is 4.79 Å². The summed E-state index contributed by atoms with van der Waals surface area (Å²) in [5, 5.41) is 1.17. The van der Waals surface area contributed by atoms with Crippen LogP contribution in [-0.4, -0.2) is 17.1 Å². The standard InChI is InChI=1S/C12H13ClN2O2S/c1-5(2)17-12(16)9-10(14)7(13)4-8-11(9)18-6(3)15-8/h4-5H,14H2,1-3H3. The number of anilines is 1. The Bertz CT molecular complexity index is 622. The number of nitrogen functional groups attached to an aromatic ring is 1. The van der Waals surface area contributed by atoms with Crippen LogP contribution in [0.25, 0.3) is 10.2 Å². The zero-order valence-electron chi connectivity index (χ0n) is 10.3. The first-order chi connectivity index (χ1) is 8.40. The summed E-state index contributed by atoms with van der Waals surface area (Å²) in [5.41, 5.74) is 7.12. The molecule has 1 aromatic carbocycles. The molecule has 0 unspecified atom stereocenters. The van der Waals surface area contributed by atoms with Gasteiger partial charge in [-0.25, -0.2) is 9.78 Å². The number of halogens is 1. The van der Waals surface area contributed by atoms with Crippen LogP contribution in [0.1, 0.15) is 29.2 Å². The van der Waals surface area contributed by atoms with E-state index in [1.165, 1.54) is 11.3 Å². The molecule has 0 aliphatic heterocycles. The summed E-state index contributed by atoms with van der Waals surface area (Å²) in [4.78, 5) is 16.4. The number of ether oxygens (including phenoxy) is 1. The predicted octanol–water partition coefficient (Wildman–Crippen LogP) is 3.41. The van der Waals surface area contributed by atoms with Crippen LogP contribution in [0.2, 0.25) is 5.02 Å². The van der Waals surface area contributed by atoms with Gasteiger partial charge in [-0.3, -0.25) is 0 Å². The summed E-state index contributed by atoms with van der Waals surface area (Å²) in [7, 11) is 0. The molecular formula is C12H13ClN2O2S. The Morgan fingerprint density at radius 1 is 1.56 bits per heavy atom. The molecule has 0 radical (unpaired) electrons. The largest absolute Gasteiger partial charge is 0.459 e. The van der Waals surface area contributed by atoms with Gasteiger partial charge in [-0.15, -0.1) is 11.3 Å². The maximum Gasteiger partial charge on any atom is 0.342 e. The number of nitrogens with two attached hydrogens (primary N) is 1. The SMILES string of the molecule is Cc1nc2cc(Cl)c(N)c(C(=O)OC(C)C)c2s1. The Morgan fingerprint density at radius 2 is 2.22 bits per heavy atom. The minimum absolute atomic E-state index is 0.208. The molecule has 96 valence electrons. The van der Waals surface area contributed by atoms with Crippen molar-refractivity contribution in [2.45, 2.75) is 26.9 Å². The molecule has 0 spiro atoms. The summed E-state index contributed by atoms with van der Waals surface area (Å²) < 4.78 is 5.91. The average Bonchev–Trinajstić information content (AvgIpc) is 2.58. The first kappa shape index (κ1) is 13.1. The lowest BCUT2D eigenvalue weighted by Gasteiger charge is -2.11. The maximum absolute atomic E-state index is 12.1. The van der Waals surface area contributed by atoms with Crippen LogP contribution >= 0.6 is 22.9 Å². The van der Waals surface area contributed by atoms with Gasteiger partial charge in [0.2, 0.25) is 0 Å². The number of aryl methyl sites for hydroxylation is 1. The molecule has 0 fully saturated rings. The highest BCUT2D eigenvalue weighted by Gasteiger charge is 2.21. The summed E-state index contributed by atoms with van der Waals surface area (Å²) in [5.74, 6) is -0.460. The first-order valence-corrected chi connectivity index (χ1v) is 6.65. The molecule has 1 aromatic heterocycles. The van der Waals surface area contributed by atoms with Gasteiger partial charge in [0.25, 0.3) is 0 Å². The van der Waals surface area contributed by atoms with Gasteiger partial charge in [0.15, 0.2) is 0 Å². The summed E-state index contributed by atoms with van der Waals surface area (Å²) in [6.45, 7) is 5.44. The van der Waals surface area contributed by atoms with Gasteiger partial charge in [0.1, 0.15) is 5.56 Å². The van der Waals surface area contributed by atoms with E-state index in [2.05, 4.69) is 4.98 Å². The number of aromatic nitrogens is 1. The summed E-state index contributed by atoms with van der Waals surface area (Å²) in [6.07, 6.45) is -0.208. The number of fused-ring (bicyclic) bond motifs is 1. The monoisotopic (exact) mass is 284 g/mol. The molecule has 2 aromatic rings. The van der Waals surface area contributed by atoms with E-state index in [-0.39, 0.29) is 11.8 Å². The number of nitrogens with zero attached hydrogens (tertiary/aromatic N) is 1. The van der Waals surface area contributed by atoms with Gasteiger partial charge in [-0.1, -0.05) is 11.6 Å². The Balaban J connectivity index is 2.66. The predicted molar refractivity (Wildman–Crippen MR) is 74.3 cm³/mol. The van der Waals surface area contributed by atoms with Gasteiger partial charge in [-0.05, 0) is 26.8 Å². The van der Waals surface area contributed by atoms with E-state index < -0.39 is 5.97 Å². The fraction of sp³-hybridized carbons (Fsp3) is 0.333. The second-order valence-corrected chi connectivity index (χ2v) is 5.79. The summed E-state index contributed by atoms with van der Waals surface area (Å²) >= 11 is 7.42. The van der Waals surface area contributed by atoms with Crippen molar-refractivity contribution >= 4 is 44.8 Å². The lowest BCUT2D eigenvalue weighted by atomic mass is 10.1. The molecule has 0 atom stereocenters. The number of hydrogen-bond acceptors (Lipinski definition) is 5. The molecule has 18 heavy (non-hydrogen) atoms. The third kappa shape index (κ3) is 2.28. The van der Waals surface area contributed by atoms with Crippen LogP contribution < -0.4 is 5.73 Å². The van der Waals surface area contributed by atoms with Crippen LogP contribution in [-0.2, 0) is 4.74 Å². The van der Waals surface area contributed by atoms with E-state index in [0.29, 0.717) is 16.1 Å². The molecule has 2 N–H and O–H groups in total. The lowest BCUT2D eigenvalue weighted by Crippen LogP contribution is -2.13. The van der Waals surface area contributed by atoms with Crippen molar-refractivity contribution in [2.24, 2.45) is 0 Å². The second kappa shape index (κ2) is 4.74. The van der Waals surface area contributed by atoms with Crippen molar-refractivity contribution in [1.82, 2.24) is 4.98 Å². The van der Waals surface area contributed by atoms with Crippen LogP contribution in [0.3, 0.4) is 0 Å². The molecule has 0 aliphatic carbocycles. The van der Waals surface area contributed by atoms with Gasteiger partial charge < -0.3 is 10.5 Å². The van der Waals surface area contributed by atoms with Crippen molar-refractivity contribution in [2.75, 3.05) is 5.73 Å². The Labute approximate surface area is 114 Å². The minimum atomic E-state index is -0.460. The number of benzene rings is 1. The zero-order chi connectivity index (χ0) is 13.4. The highest BCUT2D eigenvalue weighted by Crippen LogP contribution is 2.35. The molecule has 0 amide bonds. The molecule has 4 nitrogen and oxygen atoms in total. The number of hydrogen-bond donors (Lipinski definition) is 1. The van der Waals surface area contributed by atoms with E-state index in [1.807, 2.05) is 6.92 Å². The molecule has 6 heteroatoms. The quantitative estimate of drug-likeness (QED) is 0.678. The second-order valence-electron chi connectivity index (χ2n) is 4.18. The van der Waals surface area contributed by atoms with Crippen LogP contribution in [0.5, 0.6) is 0 Å². The Hall–Kier alpha value is -1.33. The molecule has 0 bridgehead atoms. The fourth-order valence-corrected chi connectivity index (χ4v) is 2.78. The zero-order valence-corrected chi connectivity index (χ0v) is 11.9. The van der Waals surface area contributed by atoms with Crippen molar-refractivity contribution < 1.29 is 9.53 Å². The first-order valence-electron chi connectivity index (χ1n) is 5.46. The van der Waals surface area contributed by atoms with Gasteiger partial charge >= 0.3 is 5.97 Å². The highest BCUT2D eigenvalue weighted by molar-refractivity contribution is 7.19. The Morgan fingerprint density at radius 3 is 2.83 bits per heavy atom. The van der Waals surface area contributed by atoms with Gasteiger partial charge in [0.05, 0.1) is 32.0 Å². The number of esters is 1. The third-order valence-corrected chi connectivity index (χ3v) is 3.64. The topological polar surface area (TPSA) is 65.2 Å². The smallest absolute Gasteiger partial charge is 0.342 e. The van der Waals surface area contributed by atoms with Gasteiger partial charge in [0, 0.05) is 0 Å². The van der Waals surface area contributed by atoms with E-state index in [1.54, 1.807) is 19.9 Å². The van der Waals surface area contributed by atoms with Crippen LogP contribution in [0.4, 0.5) is 5.69 Å². The highest BCUT2D eigenvalue weighted by atomic mass is 35.5. The van der Waals surface area contributed by atoms with Crippen LogP contribution in [0.15, 0.2) is 6.07 Å². The minimum Gasteiger partial charge on any atom is -0.459 e. The molecule has 1 heterocycles. The van der Waals surface area contributed by atoms with E-state index in [4.69, 9.17) is 22.1 Å². The van der Waals surface area contributed by atoms with Gasteiger partial charge in [-0.2, -0.15) is 0 Å². The van der Waals surface area contributed by atoms with Crippen molar-refractivity contribution in [3.05, 3.63) is 21.7 Å². The Kier molecular flexibility index (Phi) is 3.45. The fourth-order valence-electron chi connectivity index (χ4n) is 1.64. The number of carbonyl (C=O) groups excluding carboxylic acids is 1. The molecule has 0 aliphatic rings. The maximum atomic E-state index is 12.1. The molecule has 0 saturated heterocycles. The number of carbonyl (C=O) groups is 1. The average molecular weight is 285 g/mol. The molecular weight excluding hydrogens is 272 g/mol. The summed E-state index contributed by atoms with van der Waals surface area (Å²) in [6, 6.07) is 1.67. The molecule has 0 saturated carbocycles. The van der Waals surface area contributed by atoms with E-state index >= 15 is 0 Å². The van der Waals surface area contributed by atoms with Crippen molar-refractivity contribution in [1.29, 1.82) is 0 Å². The number of rotatable bonds is 2. The third-order valence-electron chi connectivity index (χ3n) is 2.32. The molecule has 2 rings (SSSR count). The number of thiazole rings is 1.